The van der Waals surface area contributed by atoms with Gasteiger partial charge in [0.25, 0.3) is 0 Å². The molecule has 0 spiro atoms. The first-order chi connectivity index (χ1) is 11.3. The highest BCUT2D eigenvalue weighted by Crippen LogP contribution is 2.72. The minimum atomic E-state index is -0.398. The Bertz CT molecular complexity index is 585. The van der Waals surface area contributed by atoms with Crippen molar-refractivity contribution in [3.8, 4) is 0 Å². The van der Waals surface area contributed by atoms with Gasteiger partial charge in [-0.15, -0.1) is 0 Å². The zero-order valence-corrected chi connectivity index (χ0v) is 15.7. The molecule has 0 heterocycles. The fourth-order valence-corrected chi connectivity index (χ4v) is 8.31. The molecule has 24 heavy (non-hydrogen) atoms. The molecule has 5 aliphatic rings. The number of Topliss-reactive ketones (excluding diaryl/α,β-unsaturated/α-hetero) is 1. The van der Waals surface area contributed by atoms with Crippen LogP contribution in [0.15, 0.2) is 0 Å². The van der Waals surface area contributed by atoms with Crippen molar-refractivity contribution in [1.82, 2.24) is 0 Å². The summed E-state index contributed by atoms with van der Waals surface area (Å²) >= 11 is 0. The van der Waals surface area contributed by atoms with Crippen molar-refractivity contribution < 1.29 is 9.90 Å². The van der Waals surface area contributed by atoms with E-state index in [2.05, 4.69) is 20.8 Å². The Morgan fingerprint density at radius 2 is 1.88 bits per heavy atom. The minimum absolute atomic E-state index is 0.0246. The quantitative estimate of drug-likeness (QED) is 0.763. The molecule has 2 heteroatoms. The standard InChI is InChI=1S/C22H34O2/c1-4-22(24)10-9-20(2)13(12-22)5-6-14-17(20)7-8-21(3)18(14)15-11-16(15)19(21)23/h13-18,24H,4-12H2,1-3H3/t13-,14+,15+,16-,17-,18+,20-,21-,22-/m0/s1. The number of fused-ring (bicyclic) bond motifs is 7. The molecule has 0 aromatic carbocycles. The van der Waals surface area contributed by atoms with E-state index in [1.54, 1.807) is 0 Å². The van der Waals surface area contributed by atoms with Crippen LogP contribution in [0.2, 0.25) is 0 Å². The molecule has 9 atom stereocenters. The monoisotopic (exact) mass is 330 g/mol. The Balaban J connectivity index is 1.46. The molecule has 0 radical (unpaired) electrons. The van der Waals surface area contributed by atoms with E-state index in [-0.39, 0.29) is 5.41 Å². The predicted octanol–water partition coefficient (Wildman–Crippen LogP) is 4.60. The summed E-state index contributed by atoms with van der Waals surface area (Å²) in [4.78, 5) is 12.8. The van der Waals surface area contributed by atoms with E-state index in [0.717, 1.165) is 43.4 Å². The summed E-state index contributed by atoms with van der Waals surface area (Å²) < 4.78 is 0. The van der Waals surface area contributed by atoms with E-state index in [9.17, 15) is 9.90 Å². The van der Waals surface area contributed by atoms with Gasteiger partial charge in [0.05, 0.1) is 5.60 Å². The Morgan fingerprint density at radius 3 is 2.62 bits per heavy atom. The van der Waals surface area contributed by atoms with Crippen LogP contribution in [0.25, 0.3) is 0 Å². The number of carbonyl (C=O) groups is 1. The second kappa shape index (κ2) is 4.67. The van der Waals surface area contributed by atoms with Crippen molar-refractivity contribution in [3.05, 3.63) is 0 Å². The van der Waals surface area contributed by atoms with Crippen LogP contribution in [0.5, 0.6) is 0 Å². The largest absolute Gasteiger partial charge is 0.390 e. The predicted molar refractivity (Wildman–Crippen MR) is 94.3 cm³/mol. The summed E-state index contributed by atoms with van der Waals surface area (Å²) in [5, 5.41) is 10.9. The molecule has 0 aromatic heterocycles. The van der Waals surface area contributed by atoms with Gasteiger partial charge in [-0.25, -0.2) is 0 Å². The van der Waals surface area contributed by atoms with Gasteiger partial charge in [-0.2, -0.15) is 0 Å². The zero-order valence-electron chi connectivity index (χ0n) is 15.7. The van der Waals surface area contributed by atoms with Gasteiger partial charge in [0, 0.05) is 11.3 Å². The lowest BCUT2D eigenvalue weighted by atomic mass is 9.43. The summed E-state index contributed by atoms with van der Waals surface area (Å²) in [6.07, 6.45) is 10.4. The fourth-order valence-electron chi connectivity index (χ4n) is 8.31. The van der Waals surface area contributed by atoms with Gasteiger partial charge in [0.2, 0.25) is 0 Å². The van der Waals surface area contributed by atoms with Gasteiger partial charge in [-0.3, -0.25) is 4.79 Å². The number of rotatable bonds is 1. The van der Waals surface area contributed by atoms with Gasteiger partial charge in [-0.05, 0) is 92.8 Å². The summed E-state index contributed by atoms with van der Waals surface area (Å²) in [5.41, 5.74) is 0.0452. The number of hydrogen-bond donors (Lipinski definition) is 1. The average Bonchev–Trinajstić information content (AvgIpc) is 3.30. The Hall–Kier alpha value is -0.370. The van der Waals surface area contributed by atoms with E-state index < -0.39 is 5.60 Å². The van der Waals surface area contributed by atoms with E-state index >= 15 is 0 Å². The second-order valence-corrected chi connectivity index (χ2v) is 10.7. The number of carbonyl (C=O) groups excluding carboxylic acids is 1. The van der Waals surface area contributed by atoms with Crippen molar-refractivity contribution >= 4 is 5.78 Å². The van der Waals surface area contributed by atoms with Crippen LogP contribution in [0.4, 0.5) is 0 Å². The highest BCUT2D eigenvalue weighted by molar-refractivity contribution is 5.92. The fraction of sp³-hybridized carbons (Fsp3) is 0.955. The third-order valence-corrected chi connectivity index (χ3v) is 9.93. The number of ketones is 1. The Morgan fingerprint density at radius 1 is 1.08 bits per heavy atom. The van der Waals surface area contributed by atoms with Crippen molar-refractivity contribution in [2.24, 2.45) is 46.3 Å². The van der Waals surface area contributed by atoms with E-state index in [4.69, 9.17) is 0 Å². The third kappa shape index (κ3) is 1.79. The maximum atomic E-state index is 12.8. The third-order valence-electron chi connectivity index (χ3n) is 9.93. The van der Waals surface area contributed by atoms with Crippen LogP contribution >= 0.6 is 0 Å². The minimum Gasteiger partial charge on any atom is -0.390 e. The molecule has 0 aromatic rings. The number of hydrogen-bond acceptors (Lipinski definition) is 2. The molecule has 0 unspecified atom stereocenters. The lowest BCUT2D eigenvalue weighted by molar-refractivity contribution is -0.158. The Kier molecular flexibility index (Phi) is 3.08. The highest BCUT2D eigenvalue weighted by atomic mass is 16.3. The van der Waals surface area contributed by atoms with Crippen LogP contribution in [0.3, 0.4) is 0 Å². The summed E-state index contributed by atoms with van der Waals surface area (Å²) in [5.74, 6) is 4.81. The van der Waals surface area contributed by atoms with Crippen LogP contribution in [0.1, 0.15) is 78.6 Å². The molecule has 2 nitrogen and oxygen atoms in total. The maximum Gasteiger partial charge on any atom is 0.142 e. The molecule has 0 saturated heterocycles. The summed E-state index contributed by atoms with van der Waals surface area (Å²) in [6.45, 7) is 7.01. The molecule has 5 fully saturated rings. The van der Waals surface area contributed by atoms with E-state index in [0.29, 0.717) is 29.0 Å². The highest BCUT2D eigenvalue weighted by Gasteiger charge is 2.70. The first kappa shape index (κ1) is 15.9. The van der Waals surface area contributed by atoms with E-state index in [1.165, 1.54) is 32.1 Å². The lowest BCUT2D eigenvalue weighted by Crippen LogP contribution is -2.56. The van der Waals surface area contributed by atoms with Crippen LogP contribution < -0.4 is 0 Å². The number of aliphatic hydroxyl groups is 1. The van der Waals surface area contributed by atoms with Crippen LogP contribution in [-0.4, -0.2) is 16.5 Å². The lowest BCUT2D eigenvalue weighted by Gasteiger charge is -2.61. The van der Waals surface area contributed by atoms with Crippen LogP contribution in [0, 0.1) is 46.3 Å². The molecule has 134 valence electrons. The van der Waals surface area contributed by atoms with Crippen molar-refractivity contribution in [2.45, 2.75) is 84.2 Å². The van der Waals surface area contributed by atoms with Gasteiger partial charge in [-0.1, -0.05) is 20.8 Å². The normalized spacial score (nSPS) is 61.6. The Labute approximate surface area is 146 Å². The first-order valence-electron chi connectivity index (χ1n) is 10.6. The molecule has 5 aliphatic carbocycles. The zero-order chi connectivity index (χ0) is 16.9. The first-order valence-corrected chi connectivity index (χ1v) is 10.6. The molecule has 0 aliphatic heterocycles. The smallest absolute Gasteiger partial charge is 0.142 e. The van der Waals surface area contributed by atoms with Crippen molar-refractivity contribution in [2.75, 3.05) is 0 Å². The molecule has 0 amide bonds. The molecule has 5 rings (SSSR count). The summed E-state index contributed by atoms with van der Waals surface area (Å²) in [7, 11) is 0. The second-order valence-electron chi connectivity index (χ2n) is 10.7. The summed E-state index contributed by atoms with van der Waals surface area (Å²) in [6, 6.07) is 0. The topological polar surface area (TPSA) is 37.3 Å². The molecular formula is C22H34O2. The van der Waals surface area contributed by atoms with E-state index in [1.807, 2.05) is 0 Å². The van der Waals surface area contributed by atoms with Crippen molar-refractivity contribution in [1.29, 1.82) is 0 Å². The van der Waals surface area contributed by atoms with Crippen LogP contribution in [-0.2, 0) is 4.79 Å². The molecule has 5 saturated carbocycles. The van der Waals surface area contributed by atoms with Gasteiger partial charge in [0.15, 0.2) is 0 Å². The molecule has 1 N–H and O–H groups in total. The SMILES string of the molecule is CC[C@]1(O)CC[C@@]2(C)[C@@H](CC[C@H]3[C@@H]4[C@@H]5C[C@@H]5C(=O)[C@@]4(C)CC[C@@H]32)C1. The molecular weight excluding hydrogens is 296 g/mol. The average molecular weight is 331 g/mol. The van der Waals surface area contributed by atoms with Gasteiger partial charge in [0.1, 0.15) is 5.78 Å². The van der Waals surface area contributed by atoms with Gasteiger partial charge >= 0.3 is 0 Å². The molecule has 0 bridgehead atoms. The van der Waals surface area contributed by atoms with Crippen molar-refractivity contribution in [3.63, 3.8) is 0 Å². The maximum absolute atomic E-state index is 12.8. The van der Waals surface area contributed by atoms with Gasteiger partial charge < -0.3 is 5.11 Å².